The molecule has 176 valence electrons. The van der Waals surface area contributed by atoms with Crippen LogP contribution in [0.3, 0.4) is 0 Å². The summed E-state index contributed by atoms with van der Waals surface area (Å²) < 4.78 is 12.5. The van der Waals surface area contributed by atoms with Crippen LogP contribution in [0.4, 0.5) is 0 Å². The molecule has 0 radical (unpaired) electrons. The number of nitrogens with zero attached hydrogens (tertiary/aromatic N) is 2. The summed E-state index contributed by atoms with van der Waals surface area (Å²) >= 11 is 1.28. The zero-order valence-electron chi connectivity index (χ0n) is 18.9. The quantitative estimate of drug-likeness (QED) is 0.328. The number of fused-ring (bicyclic) bond motifs is 3. The van der Waals surface area contributed by atoms with E-state index in [9.17, 15) is 9.59 Å². The van der Waals surface area contributed by atoms with Crippen molar-refractivity contribution in [3.63, 3.8) is 0 Å². The summed E-state index contributed by atoms with van der Waals surface area (Å²) in [6, 6.07) is 21.2. The Morgan fingerprint density at radius 1 is 1.06 bits per heavy atom. The van der Waals surface area contributed by atoms with E-state index in [4.69, 9.17) is 14.5 Å². The maximum Gasteiger partial charge on any atom is 0.262 e. The Hall–Kier alpha value is -3.78. The molecule has 0 bridgehead atoms. The highest BCUT2D eigenvalue weighted by molar-refractivity contribution is 7.99. The monoisotopic (exact) mass is 485 g/mol. The van der Waals surface area contributed by atoms with Gasteiger partial charge in [-0.3, -0.25) is 14.2 Å². The maximum absolute atomic E-state index is 13.4. The number of aryl methyl sites for hydroxylation is 1. The van der Waals surface area contributed by atoms with E-state index >= 15 is 0 Å². The fourth-order valence-electron chi connectivity index (χ4n) is 4.69. The number of para-hydroxylation sites is 1. The van der Waals surface area contributed by atoms with Crippen molar-refractivity contribution in [3.8, 4) is 11.5 Å². The zero-order chi connectivity index (χ0) is 23.8. The lowest BCUT2D eigenvalue weighted by molar-refractivity contribution is -0.119. The van der Waals surface area contributed by atoms with Crippen LogP contribution in [0.1, 0.15) is 29.2 Å². The van der Waals surface area contributed by atoms with Gasteiger partial charge in [-0.25, -0.2) is 4.98 Å². The molecule has 3 aromatic carbocycles. The Labute approximate surface area is 206 Å². The minimum absolute atomic E-state index is 0.0275. The first-order valence-electron chi connectivity index (χ1n) is 11.5. The van der Waals surface area contributed by atoms with Gasteiger partial charge in [0.05, 0.1) is 29.2 Å². The molecule has 1 atom stereocenters. The van der Waals surface area contributed by atoms with Crippen molar-refractivity contribution in [1.82, 2.24) is 14.9 Å². The van der Waals surface area contributed by atoms with E-state index < -0.39 is 0 Å². The van der Waals surface area contributed by atoms with Crippen LogP contribution >= 0.6 is 11.8 Å². The summed E-state index contributed by atoms with van der Waals surface area (Å²) in [5.41, 5.74) is 3.85. The van der Waals surface area contributed by atoms with E-state index in [1.807, 2.05) is 48.5 Å². The van der Waals surface area contributed by atoms with Gasteiger partial charge in [-0.2, -0.15) is 0 Å². The number of amides is 1. The van der Waals surface area contributed by atoms with Crippen molar-refractivity contribution in [1.29, 1.82) is 0 Å². The molecule has 0 fully saturated rings. The van der Waals surface area contributed by atoms with Crippen molar-refractivity contribution in [2.45, 2.75) is 30.6 Å². The van der Waals surface area contributed by atoms with Gasteiger partial charge in [0.25, 0.3) is 5.56 Å². The second-order valence-electron chi connectivity index (χ2n) is 8.64. The van der Waals surface area contributed by atoms with Crippen molar-refractivity contribution < 1.29 is 14.3 Å². The molecule has 4 aromatic rings. The number of benzene rings is 3. The molecular weight excluding hydrogens is 462 g/mol. The number of thioether (sulfide) groups is 1. The first-order chi connectivity index (χ1) is 17.2. The Balaban J connectivity index is 1.25. The fraction of sp³-hybridized carbons (Fsp3) is 0.222. The Bertz CT molecular complexity index is 1500. The molecule has 6 rings (SSSR count). The average Bonchev–Trinajstić information content (AvgIpc) is 3.51. The largest absolute Gasteiger partial charge is 0.454 e. The van der Waals surface area contributed by atoms with E-state index in [1.165, 1.54) is 22.9 Å². The summed E-state index contributed by atoms with van der Waals surface area (Å²) in [5, 5.41) is 4.20. The molecule has 1 aliphatic heterocycles. The molecule has 2 heterocycles. The summed E-state index contributed by atoms with van der Waals surface area (Å²) in [5.74, 6) is 1.45. The number of hydrogen-bond acceptors (Lipinski definition) is 6. The third kappa shape index (κ3) is 4.25. The van der Waals surface area contributed by atoms with Gasteiger partial charge < -0.3 is 14.8 Å². The molecule has 8 heteroatoms. The highest BCUT2D eigenvalue weighted by Crippen LogP contribution is 2.33. The molecule has 35 heavy (non-hydrogen) atoms. The number of hydrogen-bond donors (Lipinski definition) is 1. The van der Waals surface area contributed by atoms with Crippen LogP contribution in [0.25, 0.3) is 10.9 Å². The topological polar surface area (TPSA) is 82.5 Å². The summed E-state index contributed by atoms with van der Waals surface area (Å²) in [4.78, 5) is 31.0. The third-order valence-electron chi connectivity index (χ3n) is 6.40. The van der Waals surface area contributed by atoms with Crippen LogP contribution in [-0.2, 0) is 17.8 Å². The van der Waals surface area contributed by atoms with Gasteiger partial charge in [0.15, 0.2) is 16.7 Å². The molecule has 0 spiro atoms. The van der Waals surface area contributed by atoms with Crippen LogP contribution in [0.2, 0.25) is 0 Å². The van der Waals surface area contributed by atoms with Gasteiger partial charge >= 0.3 is 0 Å². The molecule has 0 unspecified atom stereocenters. The van der Waals surface area contributed by atoms with Crippen LogP contribution in [0.15, 0.2) is 76.7 Å². The van der Waals surface area contributed by atoms with E-state index in [-0.39, 0.29) is 30.1 Å². The first-order valence-corrected chi connectivity index (χ1v) is 12.5. The number of aromatic nitrogens is 2. The predicted molar refractivity (Wildman–Crippen MR) is 134 cm³/mol. The Kier molecular flexibility index (Phi) is 5.66. The first kappa shape index (κ1) is 21.7. The van der Waals surface area contributed by atoms with Crippen molar-refractivity contribution in [3.05, 3.63) is 93.8 Å². The minimum atomic E-state index is -0.138. The Morgan fingerprint density at radius 2 is 1.89 bits per heavy atom. The van der Waals surface area contributed by atoms with Gasteiger partial charge in [0.2, 0.25) is 12.7 Å². The van der Waals surface area contributed by atoms with E-state index in [0.29, 0.717) is 34.1 Å². The molecular formula is C27H23N3O4S. The number of carbonyl (C=O) groups is 1. The van der Waals surface area contributed by atoms with E-state index in [1.54, 1.807) is 10.6 Å². The van der Waals surface area contributed by atoms with Crippen molar-refractivity contribution >= 4 is 28.6 Å². The maximum atomic E-state index is 13.4. The highest BCUT2D eigenvalue weighted by atomic mass is 32.2. The van der Waals surface area contributed by atoms with E-state index in [0.717, 1.165) is 18.4 Å². The van der Waals surface area contributed by atoms with Gasteiger partial charge in [-0.05, 0) is 53.8 Å². The zero-order valence-corrected chi connectivity index (χ0v) is 19.7. The molecule has 0 saturated heterocycles. The summed E-state index contributed by atoms with van der Waals surface area (Å²) in [6.45, 7) is 0.505. The van der Waals surface area contributed by atoms with E-state index in [2.05, 4.69) is 17.4 Å². The molecule has 1 aliphatic carbocycles. The normalized spacial score (nSPS) is 15.8. The van der Waals surface area contributed by atoms with Crippen LogP contribution in [-0.4, -0.2) is 28.0 Å². The predicted octanol–water partition coefficient (Wildman–Crippen LogP) is 4.07. The van der Waals surface area contributed by atoms with Gasteiger partial charge in [-0.1, -0.05) is 54.2 Å². The van der Waals surface area contributed by atoms with Crippen LogP contribution in [0.5, 0.6) is 11.5 Å². The number of ether oxygens (including phenoxy) is 2. The lowest BCUT2D eigenvalue weighted by atomic mass is 10.1. The summed E-state index contributed by atoms with van der Waals surface area (Å²) in [6.07, 6.45) is 1.87. The molecule has 1 N–H and O–H groups in total. The average molecular weight is 486 g/mol. The number of nitrogens with one attached hydrogen (secondary N) is 1. The lowest BCUT2D eigenvalue weighted by Crippen LogP contribution is -2.29. The lowest BCUT2D eigenvalue weighted by Gasteiger charge is -2.16. The van der Waals surface area contributed by atoms with Crippen molar-refractivity contribution in [2.75, 3.05) is 12.5 Å². The smallest absolute Gasteiger partial charge is 0.262 e. The van der Waals surface area contributed by atoms with Gasteiger partial charge in [0, 0.05) is 0 Å². The van der Waals surface area contributed by atoms with Crippen LogP contribution < -0.4 is 20.3 Å². The van der Waals surface area contributed by atoms with Crippen LogP contribution in [0, 0.1) is 0 Å². The number of carbonyl (C=O) groups excluding carboxylic acids is 1. The van der Waals surface area contributed by atoms with Crippen molar-refractivity contribution in [2.24, 2.45) is 0 Å². The molecule has 1 aromatic heterocycles. The molecule has 7 nitrogen and oxygen atoms in total. The number of rotatable bonds is 6. The fourth-order valence-corrected chi connectivity index (χ4v) is 5.50. The second kappa shape index (κ2) is 9.11. The SMILES string of the molecule is O=C(CSc1nc2ccccc2c(=O)n1Cc1ccc2c(c1)OCO2)N[C@@H]1CCc2ccccc21. The third-order valence-corrected chi connectivity index (χ3v) is 7.38. The van der Waals surface area contributed by atoms with Gasteiger partial charge in [0.1, 0.15) is 0 Å². The molecule has 2 aliphatic rings. The van der Waals surface area contributed by atoms with Gasteiger partial charge in [-0.15, -0.1) is 0 Å². The second-order valence-corrected chi connectivity index (χ2v) is 9.58. The molecule has 1 amide bonds. The minimum Gasteiger partial charge on any atom is -0.454 e. The highest BCUT2D eigenvalue weighted by Gasteiger charge is 2.24. The standard InChI is InChI=1S/C27H23N3O4S/c31-25(28-22-11-10-18-5-1-2-6-19(18)22)15-35-27-29-21-8-4-3-7-20(21)26(32)30(27)14-17-9-12-23-24(13-17)34-16-33-23/h1-9,12-13,22H,10-11,14-16H2,(H,28,31)/t22-/m1/s1. The summed E-state index contributed by atoms with van der Waals surface area (Å²) in [7, 11) is 0. The molecule has 0 saturated carbocycles. The Morgan fingerprint density at radius 3 is 2.83 bits per heavy atom.